The molecule has 0 saturated heterocycles. The van der Waals surface area contributed by atoms with Crippen molar-refractivity contribution in [2.45, 2.75) is 13.5 Å². The van der Waals surface area contributed by atoms with E-state index in [1.165, 1.54) is 10.6 Å². The average Bonchev–Trinajstić information content (AvgIpc) is 3.12. The van der Waals surface area contributed by atoms with Crippen LogP contribution >= 0.6 is 15.9 Å². The summed E-state index contributed by atoms with van der Waals surface area (Å²) in [4.78, 5) is 17.2. The van der Waals surface area contributed by atoms with Crippen LogP contribution in [0.25, 0.3) is 16.6 Å². The predicted molar refractivity (Wildman–Crippen MR) is 103 cm³/mol. The Morgan fingerprint density at radius 2 is 2.04 bits per heavy atom. The maximum atomic E-state index is 13.8. The van der Waals surface area contributed by atoms with Crippen LogP contribution in [0.15, 0.2) is 51.9 Å². The molecule has 0 atom stereocenters. The van der Waals surface area contributed by atoms with Gasteiger partial charge in [0.1, 0.15) is 28.5 Å². The quantitative estimate of drug-likeness (QED) is 0.513. The Hall–Kier alpha value is -3.07. The highest BCUT2D eigenvalue weighted by Crippen LogP contribution is 2.23. The van der Waals surface area contributed by atoms with Gasteiger partial charge in [-0.05, 0) is 53.2 Å². The van der Waals surface area contributed by atoms with Gasteiger partial charge in [-0.3, -0.25) is 14.5 Å². The lowest BCUT2D eigenvalue weighted by molar-refractivity contribution is 0.283. The lowest BCUT2D eigenvalue weighted by Crippen LogP contribution is -2.23. The fourth-order valence-corrected chi connectivity index (χ4v) is 3.22. The number of rotatable bonds is 4. The maximum Gasteiger partial charge on any atom is 0.276 e. The van der Waals surface area contributed by atoms with Crippen molar-refractivity contribution in [2.24, 2.45) is 0 Å². The van der Waals surface area contributed by atoms with Gasteiger partial charge in [0.25, 0.3) is 5.56 Å². The smallest absolute Gasteiger partial charge is 0.276 e. The summed E-state index contributed by atoms with van der Waals surface area (Å²) in [7, 11) is 0. The Balaban J connectivity index is 1.68. The van der Waals surface area contributed by atoms with Crippen LogP contribution in [0.3, 0.4) is 0 Å². The van der Waals surface area contributed by atoms with E-state index in [-0.39, 0.29) is 28.1 Å². The number of nitrogens with zero attached hydrogens (tertiary/aromatic N) is 3. The highest BCUT2D eigenvalue weighted by molar-refractivity contribution is 9.10. The molecule has 6 nitrogen and oxygen atoms in total. The zero-order valence-corrected chi connectivity index (χ0v) is 16.1. The van der Waals surface area contributed by atoms with Crippen LogP contribution in [0.4, 0.5) is 8.78 Å². The van der Waals surface area contributed by atoms with Crippen molar-refractivity contribution in [3.05, 3.63) is 80.4 Å². The van der Waals surface area contributed by atoms with Gasteiger partial charge in [0, 0.05) is 17.0 Å². The predicted octanol–water partition coefficient (Wildman–Crippen LogP) is 4.04. The summed E-state index contributed by atoms with van der Waals surface area (Å²) in [6, 6.07) is 8.61. The van der Waals surface area contributed by atoms with E-state index in [2.05, 4.69) is 31.1 Å². The van der Waals surface area contributed by atoms with Crippen LogP contribution in [-0.2, 0) is 6.61 Å². The second-order valence-corrected chi connectivity index (χ2v) is 6.88. The summed E-state index contributed by atoms with van der Waals surface area (Å²) >= 11 is 3.22. The van der Waals surface area contributed by atoms with E-state index >= 15 is 0 Å². The first-order valence-corrected chi connectivity index (χ1v) is 9.03. The topological polar surface area (TPSA) is 72.8 Å². The standard InChI is InChI=1S/C19H13BrF2N4O2/c1-10-24-18(28-9-11-2-3-13(21)7-15(11)22)17(20)19(27)26(10)14-4-5-16-12(6-14)8-23-25-16/h2-8H,9H2,1H3,(H,23,25). The molecule has 0 aliphatic heterocycles. The van der Waals surface area contributed by atoms with E-state index in [0.717, 1.165) is 23.0 Å². The van der Waals surface area contributed by atoms with Crippen molar-refractivity contribution in [2.75, 3.05) is 0 Å². The van der Waals surface area contributed by atoms with Gasteiger partial charge >= 0.3 is 0 Å². The minimum atomic E-state index is -0.727. The summed E-state index contributed by atoms with van der Waals surface area (Å²) in [6.45, 7) is 1.47. The van der Waals surface area contributed by atoms with E-state index < -0.39 is 11.6 Å². The number of halogens is 3. The summed E-state index contributed by atoms with van der Waals surface area (Å²) in [5.74, 6) is -0.972. The van der Waals surface area contributed by atoms with E-state index in [1.54, 1.807) is 19.2 Å². The molecule has 0 unspecified atom stereocenters. The fourth-order valence-electron chi connectivity index (χ4n) is 2.84. The number of benzene rings is 2. The molecule has 2 aromatic heterocycles. The molecule has 9 heteroatoms. The first-order valence-electron chi connectivity index (χ1n) is 8.23. The molecule has 0 saturated carbocycles. The number of aryl methyl sites for hydroxylation is 1. The number of hydrogen-bond donors (Lipinski definition) is 1. The van der Waals surface area contributed by atoms with Gasteiger partial charge in [-0.2, -0.15) is 10.1 Å². The van der Waals surface area contributed by atoms with Crippen molar-refractivity contribution in [3.8, 4) is 11.6 Å². The molecule has 0 fully saturated rings. The molecule has 4 aromatic rings. The van der Waals surface area contributed by atoms with E-state index in [0.29, 0.717) is 11.5 Å². The number of aromatic nitrogens is 4. The van der Waals surface area contributed by atoms with Gasteiger partial charge in [0.2, 0.25) is 5.88 Å². The number of ether oxygens (including phenoxy) is 1. The minimum absolute atomic E-state index is 0.0341. The molecule has 142 valence electrons. The Morgan fingerprint density at radius 3 is 2.82 bits per heavy atom. The molecule has 0 bridgehead atoms. The van der Waals surface area contributed by atoms with Crippen LogP contribution in [0, 0.1) is 18.6 Å². The SMILES string of the molecule is Cc1nc(OCc2ccc(F)cc2F)c(Br)c(=O)n1-c1ccc2[nH]ncc2c1. The summed E-state index contributed by atoms with van der Waals surface area (Å²) < 4.78 is 33.8. The zero-order chi connectivity index (χ0) is 19.8. The third-order valence-electron chi connectivity index (χ3n) is 4.23. The third kappa shape index (κ3) is 3.29. The van der Waals surface area contributed by atoms with Crippen molar-refractivity contribution in [1.82, 2.24) is 19.7 Å². The van der Waals surface area contributed by atoms with Gasteiger partial charge in [0.15, 0.2) is 0 Å². The van der Waals surface area contributed by atoms with Crippen molar-refractivity contribution < 1.29 is 13.5 Å². The molecule has 2 aromatic carbocycles. The fraction of sp³-hybridized carbons (Fsp3) is 0.105. The highest BCUT2D eigenvalue weighted by atomic mass is 79.9. The molecule has 0 spiro atoms. The lowest BCUT2D eigenvalue weighted by Gasteiger charge is -2.13. The molecule has 28 heavy (non-hydrogen) atoms. The largest absolute Gasteiger partial charge is 0.472 e. The number of nitrogens with one attached hydrogen (secondary N) is 1. The molecule has 0 aliphatic carbocycles. The molecule has 4 rings (SSSR count). The Kier molecular flexibility index (Phi) is 4.68. The van der Waals surface area contributed by atoms with Gasteiger partial charge in [-0.25, -0.2) is 8.78 Å². The number of H-pyrrole nitrogens is 1. The van der Waals surface area contributed by atoms with Crippen LogP contribution in [-0.4, -0.2) is 19.7 Å². The Labute approximate surface area is 165 Å². The molecular weight excluding hydrogens is 434 g/mol. The van der Waals surface area contributed by atoms with E-state index in [9.17, 15) is 13.6 Å². The van der Waals surface area contributed by atoms with Gasteiger partial charge in [0.05, 0.1) is 17.4 Å². The number of hydrogen-bond acceptors (Lipinski definition) is 4. The molecule has 0 aliphatic rings. The van der Waals surface area contributed by atoms with Crippen molar-refractivity contribution >= 4 is 26.8 Å². The first kappa shape index (κ1) is 18.3. The summed E-state index contributed by atoms with van der Waals surface area (Å²) in [5, 5.41) is 7.67. The molecule has 1 N–H and O–H groups in total. The minimum Gasteiger partial charge on any atom is -0.472 e. The van der Waals surface area contributed by atoms with Crippen molar-refractivity contribution in [3.63, 3.8) is 0 Å². The van der Waals surface area contributed by atoms with Crippen LogP contribution in [0.2, 0.25) is 0 Å². The summed E-state index contributed by atoms with van der Waals surface area (Å²) in [5.41, 5.74) is 1.26. The molecule has 0 radical (unpaired) electrons. The van der Waals surface area contributed by atoms with Gasteiger partial charge < -0.3 is 4.74 Å². The normalized spacial score (nSPS) is 11.1. The second-order valence-electron chi connectivity index (χ2n) is 6.08. The zero-order valence-electron chi connectivity index (χ0n) is 14.5. The summed E-state index contributed by atoms with van der Waals surface area (Å²) in [6.07, 6.45) is 1.66. The van der Waals surface area contributed by atoms with Crippen molar-refractivity contribution in [1.29, 1.82) is 0 Å². The highest BCUT2D eigenvalue weighted by Gasteiger charge is 2.16. The Morgan fingerprint density at radius 1 is 1.21 bits per heavy atom. The Bertz CT molecular complexity index is 1250. The number of fused-ring (bicyclic) bond motifs is 1. The molecular formula is C19H13BrF2N4O2. The first-order chi connectivity index (χ1) is 13.4. The van der Waals surface area contributed by atoms with Crippen LogP contribution in [0.5, 0.6) is 5.88 Å². The van der Waals surface area contributed by atoms with Gasteiger partial charge in [-0.1, -0.05) is 0 Å². The number of aromatic amines is 1. The molecule has 2 heterocycles. The molecule has 0 amide bonds. The van der Waals surface area contributed by atoms with Gasteiger partial charge in [-0.15, -0.1) is 0 Å². The van der Waals surface area contributed by atoms with E-state index in [4.69, 9.17) is 4.74 Å². The van der Waals surface area contributed by atoms with Crippen LogP contribution in [0.1, 0.15) is 11.4 Å². The second kappa shape index (κ2) is 7.16. The monoisotopic (exact) mass is 446 g/mol. The third-order valence-corrected chi connectivity index (χ3v) is 4.91. The van der Waals surface area contributed by atoms with E-state index in [1.807, 2.05) is 12.1 Å². The van der Waals surface area contributed by atoms with Crippen LogP contribution < -0.4 is 10.3 Å². The average molecular weight is 447 g/mol. The lowest BCUT2D eigenvalue weighted by atomic mass is 10.2. The maximum absolute atomic E-state index is 13.8.